The van der Waals surface area contributed by atoms with Gasteiger partial charge in [0.05, 0.1) is 5.02 Å². The van der Waals surface area contributed by atoms with Gasteiger partial charge in [0.1, 0.15) is 34.6 Å². The van der Waals surface area contributed by atoms with Crippen molar-refractivity contribution in [2.75, 3.05) is 5.32 Å². The Hall–Kier alpha value is -4.05. The Morgan fingerprint density at radius 3 is 2.69 bits per heavy atom. The smallest absolute Gasteiger partial charge is 0.272 e. The van der Waals surface area contributed by atoms with E-state index in [-0.39, 0.29) is 23.0 Å². The Labute approximate surface area is 186 Å². The minimum atomic E-state index is -0.526. The van der Waals surface area contributed by atoms with Crippen LogP contribution in [0.2, 0.25) is 5.02 Å². The number of aliphatic hydroxyl groups excluding tert-OH is 1. The summed E-state index contributed by atoms with van der Waals surface area (Å²) in [5, 5.41) is 22.2. The lowest BCUT2D eigenvalue weighted by Gasteiger charge is -2.07. The molecule has 0 aliphatic rings. The molecule has 0 aliphatic heterocycles. The second-order valence-electron chi connectivity index (χ2n) is 6.80. The van der Waals surface area contributed by atoms with E-state index in [1.165, 1.54) is 24.5 Å². The lowest BCUT2D eigenvalue weighted by atomic mass is 10.2. The lowest BCUT2D eigenvalue weighted by molar-refractivity contribution is 0.0947. The summed E-state index contributed by atoms with van der Waals surface area (Å²) in [7, 11) is 0. The molecule has 3 aromatic heterocycles. The van der Waals surface area contributed by atoms with E-state index in [1.807, 2.05) is 0 Å². The Bertz CT molecular complexity index is 1310. The molecule has 11 heteroatoms. The van der Waals surface area contributed by atoms with Crippen molar-refractivity contribution in [3.05, 3.63) is 82.8 Å². The van der Waals surface area contributed by atoms with Gasteiger partial charge in [-0.05, 0) is 29.3 Å². The molecule has 0 radical (unpaired) electrons. The number of hydrogen-bond acceptors (Lipinski definition) is 7. The number of nitrogens with zero attached hydrogens (tertiary/aromatic N) is 4. The fourth-order valence-corrected chi connectivity index (χ4v) is 3.14. The van der Waals surface area contributed by atoms with E-state index in [9.17, 15) is 14.3 Å². The van der Waals surface area contributed by atoms with Gasteiger partial charge in [0.25, 0.3) is 5.91 Å². The predicted octanol–water partition coefficient (Wildman–Crippen LogP) is 3.61. The first-order valence-electron chi connectivity index (χ1n) is 9.40. The normalized spacial score (nSPS) is 10.8. The number of benzene rings is 1. The van der Waals surface area contributed by atoms with Crippen molar-refractivity contribution in [3.8, 4) is 0 Å². The zero-order valence-corrected chi connectivity index (χ0v) is 17.3. The second-order valence-corrected chi connectivity index (χ2v) is 7.21. The maximum absolute atomic E-state index is 13.3. The van der Waals surface area contributed by atoms with Gasteiger partial charge in [0, 0.05) is 19.3 Å². The van der Waals surface area contributed by atoms with Crippen molar-refractivity contribution in [1.29, 1.82) is 0 Å². The largest absolute Gasteiger partial charge is 0.506 e. The van der Waals surface area contributed by atoms with E-state index < -0.39 is 11.7 Å². The standard InChI is InChI=1S/C21H17ClFN7O2/c1-11(31)16-5-3-13(8-24-16)9-25-20-18-17(29-30-20)19(28-10-27-18)21(32)26-7-12-2-4-15(23)14(22)6-12/h2-6,8,10,31H,1,7,9H2,(H,26,32)(H2,25,29,30). The highest BCUT2D eigenvalue weighted by atomic mass is 35.5. The van der Waals surface area contributed by atoms with Gasteiger partial charge >= 0.3 is 0 Å². The molecule has 3 heterocycles. The Balaban J connectivity index is 1.46. The number of fused-ring (bicyclic) bond motifs is 1. The van der Waals surface area contributed by atoms with Gasteiger partial charge in [-0.15, -0.1) is 0 Å². The Morgan fingerprint density at radius 1 is 1.16 bits per heavy atom. The highest BCUT2D eigenvalue weighted by molar-refractivity contribution is 6.30. The molecule has 1 aromatic carbocycles. The number of halogens is 2. The topological polar surface area (TPSA) is 129 Å². The third-order valence-corrected chi connectivity index (χ3v) is 4.87. The van der Waals surface area contributed by atoms with E-state index in [2.05, 4.69) is 42.4 Å². The van der Waals surface area contributed by atoms with Crippen LogP contribution in [0.4, 0.5) is 10.2 Å². The predicted molar refractivity (Wildman–Crippen MR) is 117 cm³/mol. The average molecular weight is 454 g/mol. The van der Waals surface area contributed by atoms with Gasteiger partial charge in [-0.1, -0.05) is 30.3 Å². The fraction of sp³-hybridized carbons (Fsp3) is 0.0952. The minimum Gasteiger partial charge on any atom is -0.506 e. The maximum atomic E-state index is 13.3. The molecule has 4 N–H and O–H groups in total. The number of pyridine rings is 1. The molecular formula is C21H17ClFN7O2. The summed E-state index contributed by atoms with van der Waals surface area (Å²) < 4.78 is 13.3. The van der Waals surface area contributed by atoms with Crippen LogP contribution in [0.5, 0.6) is 0 Å². The zero-order valence-electron chi connectivity index (χ0n) is 16.6. The highest BCUT2D eigenvalue weighted by Crippen LogP contribution is 2.21. The first-order valence-corrected chi connectivity index (χ1v) is 9.78. The maximum Gasteiger partial charge on any atom is 0.272 e. The number of rotatable bonds is 7. The molecule has 0 aliphatic carbocycles. The number of carbonyl (C=O) groups is 1. The Morgan fingerprint density at radius 2 is 1.97 bits per heavy atom. The number of nitrogens with one attached hydrogen (secondary N) is 3. The molecule has 9 nitrogen and oxygen atoms in total. The second kappa shape index (κ2) is 8.98. The van der Waals surface area contributed by atoms with Crippen molar-refractivity contribution >= 4 is 40.1 Å². The fourth-order valence-electron chi connectivity index (χ4n) is 2.93. The molecule has 0 spiro atoms. The van der Waals surface area contributed by atoms with Crippen LogP contribution in [0.3, 0.4) is 0 Å². The number of aliphatic hydroxyl groups is 1. The summed E-state index contributed by atoms with van der Waals surface area (Å²) in [5.74, 6) is -0.635. The van der Waals surface area contributed by atoms with Crippen LogP contribution in [0.15, 0.2) is 49.4 Å². The molecule has 1 amide bonds. The molecule has 0 bridgehead atoms. The summed E-state index contributed by atoms with van der Waals surface area (Å²) in [4.78, 5) is 25.0. The van der Waals surface area contributed by atoms with Gasteiger partial charge in [0.2, 0.25) is 0 Å². The Kier molecular flexibility index (Phi) is 5.95. The van der Waals surface area contributed by atoms with E-state index in [0.29, 0.717) is 34.7 Å². The molecule has 0 fully saturated rings. The summed E-state index contributed by atoms with van der Waals surface area (Å²) in [5.41, 5.74) is 2.82. The van der Waals surface area contributed by atoms with Gasteiger partial charge < -0.3 is 15.7 Å². The third kappa shape index (κ3) is 4.49. The first kappa shape index (κ1) is 21.2. The van der Waals surface area contributed by atoms with Gasteiger partial charge in [-0.25, -0.2) is 14.4 Å². The number of anilines is 1. The lowest BCUT2D eigenvalue weighted by Crippen LogP contribution is -2.24. The van der Waals surface area contributed by atoms with Crippen LogP contribution < -0.4 is 10.6 Å². The number of hydrogen-bond donors (Lipinski definition) is 4. The zero-order chi connectivity index (χ0) is 22.7. The molecule has 0 saturated carbocycles. The summed E-state index contributed by atoms with van der Waals surface area (Å²) in [6, 6.07) is 7.67. The minimum absolute atomic E-state index is 0.0170. The molecule has 4 rings (SSSR count). The number of amides is 1. The van der Waals surface area contributed by atoms with Crippen LogP contribution >= 0.6 is 11.6 Å². The quantitative estimate of drug-likeness (QED) is 0.314. The molecule has 0 unspecified atom stereocenters. The van der Waals surface area contributed by atoms with Crippen LogP contribution in [0, 0.1) is 5.82 Å². The monoisotopic (exact) mass is 453 g/mol. The number of carbonyl (C=O) groups excluding carboxylic acids is 1. The highest BCUT2D eigenvalue weighted by Gasteiger charge is 2.17. The van der Waals surface area contributed by atoms with Crippen LogP contribution in [0.25, 0.3) is 16.8 Å². The van der Waals surface area contributed by atoms with Crippen molar-refractivity contribution in [1.82, 2.24) is 30.5 Å². The number of H-pyrrole nitrogens is 1. The molecule has 0 saturated heterocycles. The van der Waals surface area contributed by atoms with Crippen LogP contribution in [0.1, 0.15) is 27.3 Å². The molecule has 162 valence electrons. The number of aromatic nitrogens is 5. The summed E-state index contributed by atoms with van der Waals surface area (Å²) in [6.07, 6.45) is 2.88. The third-order valence-electron chi connectivity index (χ3n) is 4.58. The molecular weight excluding hydrogens is 437 g/mol. The summed E-state index contributed by atoms with van der Waals surface area (Å²) >= 11 is 5.78. The van der Waals surface area contributed by atoms with Crippen molar-refractivity contribution < 1.29 is 14.3 Å². The first-order chi connectivity index (χ1) is 15.4. The van der Waals surface area contributed by atoms with Gasteiger partial charge in [-0.2, -0.15) is 5.10 Å². The van der Waals surface area contributed by atoms with Gasteiger partial charge in [0.15, 0.2) is 11.5 Å². The SMILES string of the molecule is C=C(O)c1ccc(CNc2n[nH]c3c(C(=O)NCc4ccc(F)c(Cl)c4)ncnc23)cn1. The van der Waals surface area contributed by atoms with Crippen LogP contribution in [-0.2, 0) is 13.1 Å². The van der Waals surface area contributed by atoms with Crippen molar-refractivity contribution in [3.63, 3.8) is 0 Å². The van der Waals surface area contributed by atoms with Crippen LogP contribution in [-0.4, -0.2) is 36.2 Å². The average Bonchev–Trinajstić information content (AvgIpc) is 3.21. The van der Waals surface area contributed by atoms with E-state index in [1.54, 1.807) is 18.3 Å². The van der Waals surface area contributed by atoms with E-state index in [4.69, 9.17) is 11.6 Å². The van der Waals surface area contributed by atoms with E-state index in [0.717, 1.165) is 5.56 Å². The van der Waals surface area contributed by atoms with E-state index >= 15 is 0 Å². The van der Waals surface area contributed by atoms with Crippen molar-refractivity contribution in [2.45, 2.75) is 13.1 Å². The summed E-state index contributed by atoms with van der Waals surface area (Å²) in [6.45, 7) is 3.97. The van der Waals surface area contributed by atoms with Crippen molar-refractivity contribution in [2.24, 2.45) is 0 Å². The number of aromatic amines is 1. The molecule has 32 heavy (non-hydrogen) atoms. The molecule has 0 atom stereocenters. The van der Waals surface area contributed by atoms with Gasteiger partial charge in [-0.3, -0.25) is 14.9 Å². The molecule has 4 aromatic rings.